The fourth-order valence-electron chi connectivity index (χ4n) is 3.28. The van der Waals surface area contributed by atoms with Crippen molar-refractivity contribution in [1.29, 1.82) is 0 Å². The van der Waals surface area contributed by atoms with Crippen molar-refractivity contribution in [3.05, 3.63) is 59.2 Å². The highest BCUT2D eigenvalue weighted by Crippen LogP contribution is 2.27. The van der Waals surface area contributed by atoms with Gasteiger partial charge >= 0.3 is 12.4 Å². The Bertz CT molecular complexity index is 970. The second-order valence-electron chi connectivity index (χ2n) is 7.19. The molecular formula is C21H20F3N3O5S. The molecular weight excluding hydrogens is 463 g/mol. The molecule has 2 aliphatic heterocycles. The molecule has 0 radical (unpaired) electrons. The molecule has 12 heteroatoms. The molecule has 0 aromatic heterocycles. The van der Waals surface area contributed by atoms with Gasteiger partial charge < -0.3 is 24.5 Å². The Hall–Kier alpha value is -3.09. The van der Waals surface area contributed by atoms with Crippen LogP contribution in [0.1, 0.15) is 18.4 Å². The van der Waals surface area contributed by atoms with Crippen LogP contribution in [0.2, 0.25) is 0 Å². The lowest BCUT2D eigenvalue weighted by Crippen LogP contribution is -2.43. The van der Waals surface area contributed by atoms with Crippen LogP contribution in [0.5, 0.6) is 11.5 Å². The standard InChI is InChI=1S/C21H20F3N3O5S/c22-21(23,24)30-18-7-3-15(4-8-18)25-20(28)27-11-9-17(10-12-27)29-16-5-1-14(2-6-16)13-19-31-26-32-33-19/h1-8,13,17,26H,9-12H2,(H,25,28)/b19-13-. The van der Waals surface area contributed by atoms with E-state index in [4.69, 9.17) is 13.9 Å². The summed E-state index contributed by atoms with van der Waals surface area (Å²) in [5.74, 6) is 0.385. The van der Waals surface area contributed by atoms with E-state index in [1.807, 2.05) is 30.3 Å². The fourth-order valence-corrected chi connectivity index (χ4v) is 3.68. The van der Waals surface area contributed by atoms with Gasteiger partial charge in [-0.3, -0.25) is 0 Å². The van der Waals surface area contributed by atoms with Crippen LogP contribution in [0.3, 0.4) is 0 Å². The molecule has 2 N–H and O–H groups in total. The molecule has 33 heavy (non-hydrogen) atoms. The lowest BCUT2D eigenvalue weighted by atomic mass is 10.1. The number of carbonyl (C=O) groups excluding carboxylic acids is 1. The number of likely N-dealkylation sites (tertiary alicyclic amines) is 1. The van der Waals surface area contributed by atoms with Gasteiger partial charge in [-0.2, -0.15) is 4.28 Å². The van der Waals surface area contributed by atoms with Gasteiger partial charge in [-0.15, -0.1) is 13.2 Å². The number of amides is 2. The number of alkyl halides is 3. The fraction of sp³-hybridized carbons (Fsp3) is 0.286. The molecule has 0 spiro atoms. The van der Waals surface area contributed by atoms with Crippen LogP contribution in [0, 0.1) is 0 Å². The Kier molecular flexibility index (Phi) is 7.16. The first-order chi connectivity index (χ1) is 15.8. The van der Waals surface area contributed by atoms with E-state index in [1.165, 1.54) is 12.1 Å². The Balaban J connectivity index is 1.22. The van der Waals surface area contributed by atoms with Gasteiger partial charge in [0.05, 0.1) is 12.0 Å². The van der Waals surface area contributed by atoms with Gasteiger partial charge in [-0.05, 0) is 53.7 Å². The van der Waals surface area contributed by atoms with Gasteiger partial charge in [0.15, 0.2) is 0 Å². The number of ether oxygens (including phenoxy) is 2. The molecule has 0 unspecified atom stereocenters. The summed E-state index contributed by atoms with van der Waals surface area (Å²) >= 11 is 1.09. The van der Waals surface area contributed by atoms with Gasteiger partial charge in [0.2, 0.25) is 5.09 Å². The van der Waals surface area contributed by atoms with Crippen molar-refractivity contribution in [3.63, 3.8) is 0 Å². The van der Waals surface area contributed by atoms with Crippen LogP contribution in [-0.4, -0.2) is 36.5 Å². The minimum atomic E-state index is -4.76. The van der Waals surface area contributed by atoms with Crippen LogP contribution >= 0.6 is 12.0 Å². The number of anilines is 1. The number of rotatable bonds is 5. The van der Waals surface area contributed by atoms with Gasteiger partial charge in [0.25, 0.3) is 0 Å². The van der Waals surface area contributed by atoms with Gasteiger partial charge in [-0.1, -0.05) is 12.1 Å². The molecule has 0 saturated carbocycles. The Morgan fingerprint density at radius 1 is 1.09 bits per heavy atom. The molecule has 2 aromatic rings. The molecule has 2 fully saturated rings. The molecule has 2 heterocycles. The highest BCUT2D eigenvalue weighted by Gasteiger charge is 2.31. The minimum Gasteiger partial charge on any atom is -0.490 e. The topological polar surface area (TPSA) is 81.3 Å². The minimum absolute atomic E-state index is 0.0247. The Labute approximate surface area is 191 Å². The third kappa shape index (κ3) is 6.94. The third-order valence-corrected chi connectivity index (χ3v) is 5.35. The molecule has 2 aliphatic rings. The molecule has 4 rings (SSSR count). The van der Waals surface area contributed by atoms with Crippen molar-refractivity contribution in [2.45, 2.75) is 25.3 Å². The highest BCUT2D eigenvalue weighted by atomic mass is 32.2. The maximum absolute atomic E-state index is 12.5. The number of hydrogen-bond acceptors (Lipinski definition) is 7. The summed E-state index contributed by atoms with van der Waals surface area (Å²) in [5, 5.41) is 3.28. The van der Waals surface area contributed by atoms with Crippen LogP contribution in [0.25, 0.3) is 6.08 Å². The van der Waals surface area contributed by atoms with E-state index in [9.17, 15) is 18.0 Å². The molecule has 2 amide bonds. The normalized spacial score (nSPS) is 18.2. The molecule has 2 saturated heterocycles. The van der Waals surface area contributed by atoms with E-state index in [1.54, 1.807) is 4.90 Å². The number of benzene rings is 2. The molecule has 0 aliphatic carbocycles. The zero-order valence-electron chi connectivity index (χ0n) is 17.1. The Morgan fingerprint density at radius 3 is 2.36 bits per heavy atom. The number of nitrogens with one attached hydrogen (secondary N) is 2. The van der Waals surface area contributed by atoms with Gasteiger partial charge in [0, 0.05) is 31.6 Å². The first-order valence-corrected chi connectivity index (χ1v) is 10.7. The summed E-state index contributed by atoms with van der Waals surface area (Å²) in [4.78, 5) is 19.1. The van der Waals surface area contributed by atoms with Gasteiger partial charge in [-0.25, -0.2) is 4.79 Å². The van der Waals surface area contributed by atoms with E-state index in [0.717, 1.165) is 35.5 Å². The summed E-state index contributed by atoms with van der Waals surface area (Å²) in [7, 11) is 0. The average molecular weight is 483 g/mol. The number of nitrogens with zero attached hydrogens (tertiary/aromatic N) is 1. The first-order valence-electron chi connectivity index (χ1n) is 9.99. The number of piperidine rings is 1. The summed E-state index contributed by atoms with van der Waals surface area (Å²) in [5.41, 5.74) is 3.60. The first kappa shape index (κ1) is 23.1. The Morgan fingerprint density at radius 2 is 1.76 bits per heavy atom. The predicted octanol–water partition coefficient (Wildman–Crippen LogP) is 5.07. The lowest BCUT2D eigenvalue weighted by Gasteiger charge is -2.32. The van der Waals surface area contributed by atoms with Gasteiger partial charge in [0.1, 0.15) is 17.6 Å². The van der Waals surface area contributed by atoms with Crippen molar-refractivity contribution in [2.75, 3.05) is 18.4 Å². The summed E-state index contributed by atoms with van der Waals surface area (Å²) in [6.07, 6.45) is -1.64. The SMILES string of the molecule is O=C(Nc1ccc(OC(F)(F)F)cc1)N1CCC(Oc2ccc(/C=C3/ONOS3)cc2)CC1. The summed E-state index contributed by atoms with van der Waals surface area (Å²) in [6, 6.07) is 12.2. The average Bonchev–Trinajstić information content (AvgIpc) is 3.29. The third-order valence-electron chi connectivity index (χ3n) is 4.84. The van der Waals surface area contributed by atoms with Crippen molar-refractivity contribution >= 4 is 29.8 Å². The molecule has 0 atom stereocenters. The number of carbonyl (C=O) groups is 1. The highest BCUT2D eigenvalue weighted by molar-refractivity contribution is 7.98. The lowest BCUT2D eigenvalue weighted by molar-refractivity contribution is -0.274. The monoisotopic (exact) mass is 483 g/mol. The quantitative estimate of drug-likeness (QED) is 0.575. The van der Waals surface area contributed by atoms with E-state index >= 15 is 0 Å². The second-order valence-corrected chi connectivity index (χ2v) is 7.93. The number of urea groups is 1. The van der Waals surface area contributed by atoms with Crippen LogP contribution in [-0.2, 0) is 9.12 Å². The smallest absolute Gasteiger partial charge is 0.490 e. The van der Waals surface area contributed by atoms with Crippen LogP contribution in [0.4, 0.5) is 23.7 Å². The van der Waals surface area contributed by atoms with E-state index < -0.39 is 6.36 Å². The molecule has 2 aromatic carbocycles. The summed E-state index contributed by atoms with van der Waals surface area (Å²) < 4.78 is 51.4. The van der Waals surface area contributed by atoms with Crippen molar-refractivity contribution in [2.24, 2.45) is 0 Å². The largest absolute Gasteiger partial charge is 0.573 e. The van der Waals surface area contributed by atoms with E-state index in [0.29, 0.717) is 36.7 Å². The predicted molar refractivity (Wildman–Crippen MR) is 115 cm³/mol. The molecule has 8 nitrogen and oxygen atoms in total. The molecule has 176 valence electrons. The van der Waals surface area contributed by atoms with Crippen LogP contribution in [0.15, 0.2) is 53.6 Å². The second kappa shape index (κ2) is 10.2. The van der Waals surface area contributed by atoms with E-state index in [2.05, 4.69) is 15.7 Å². The maximum Gasteiger partial charge on any atom is 0.573 e. The molecule has 0 bridgehead atoms. The van der Waals surface area contributed by atoms with Crippen molar-refractivity contribution < 1.29 is 36.6 Å². The van der Waals surface area contributed by atoms with Crippen LogP contribution < -0.4 is 20.4 Å². The van der Waals surface area contributed by atoms with Crippen molar-refractivity contribution in [1.82, 2.24) is 10.5 Å². The maximum atomic E-state index is 12.5. The zero-order chi connectivity index (χ0) is 23.3. The summed E-state index contributed by atoms with van der Waals surface area (Å²) in [6.45, 7) is 0.995. The zero-order valence-corrected chi connectivity index (χ0v) is 17.9. The number of hydrogen-bond donors (Lipinski definition) is 2. The van der Waals surface area contributed by atoms with Crippen molar-refractivity contribution in [3.8, 4) is 11.5 Å². The number of halogens is 3. The van der Waals surface area contributed by atoms with E-state index in [-0.39, 0.29) is 17.9 Å².